The summed E-state index contributed by atoms with van der Waals surface area (Å²) >= 11 is 5.06. The van der Waals surface area contributed by atoms with Crippen LogP contribution in [-0.2, 0) is 6.42 Å². The van der Waals surface area contributed by atoms with Crippen LogP contribution in [0, 0.1) is 0 Å². The molecule has 1 heterocycles. The number of nitrogens with zero attached hydrogens (tertiary/aromatic N) is 1. The van der Waals surface area contributed by atoms with Gasteiger partial charge >= 0.3 is 0 Å². The lowest BCUT2D eigenvalue weighted by atomic mass is 10.1. The average Bonchev–Trinajstić information content (AvgIpc) is 2.89. The molecule has 0 saturated heterocycles. The molecule has 2 aromatic carbocycles. The van der Waals surface area contributed by atoms with Gasteiger partial charge in [-0.05, 0) is 45.8 Å². The maximum absolute atomic E-state index is 10.4. The fourth-order valence-electron chi connectivity index (χ4n) is 2.18. The Morgan fingerprint density at radius 1 is 1.29 bits per heavy atom. The standard InChI is InChI=1S/C16H14BrNO2S/c1-20-14-7-6-10(8-11(14)17)13(19)9-16-18-12-4-2-3-5-15(12)21-16/h2-8,13,19H,9H2,1H3. The Balaban J connectivity index is 1.82. The molecule has 21 heavy (non-hydrogen) atoms. The van der Waals surface area contributed by atoms with Crippen LogP contribution in [-0.4, -0.2) is 17.2 Å². The highest BCUT2D eigenvalue weighted by Gasteiger charge is 2.13. The highest BCUT2D eigenvalue weighted by Crippen LogP contribution is 2.30. The Hall–Kier alpha value is -1.43. The fraction of sp³-hybridized carbons (Fsp3) is 0.188. The second-order valence-corrected chi connectivity index (χ2v) is 6.66. The molecule has 0 aliphatic carbocycles. The van der Waals surface area contributed by atoms with Gasteiger partial charge in [-0.25, -0.2) is 4.98 Å². The molecule has 108 valence electrons. The van der Waals surface area contributed by atoms with Gasteiger partial charge in [0.2, 0.25) is 0 Å². The van der Waals surface area contributed by atoms with Crippen molar-refractivity contribution in [1.29, 1.82) is 0 Å². The van der Waals surface area contributed by atoms with Crippen molar-refractivity contribution in [3.8, 4) is 5.75 Å². The number of hydrogen-bond donors (Lipinski definition) is 1. The molecule has 1 aromatic heterocycles. The Kier molecular flexibility index (Phi) is 4.24. The average molecular weight is 364 g/mol. The molecule has 3 nitrogen and oxygen atoms in total. The molecule has 0 saturated carbocycles. The number of aliphatic hydroxyl groups is 1. The van der Waals surface area contributed by atoms with E-state index in [1.165, 1.54) is 0 Å². The van der Waals surface area contributed by atoms with Crippen molar-refractivity contribution >= 4 is 37.5 Å². The first-order chi connectivity index (χ1) is 10.2. The lowest BCUT2D eigenvalue weighted by molar-refractivity contribution is 0.178. The van der Waals surface area contributed by atoms with E-state index in [1.54, 1.807) is 18.4 Å². The zero-order chi connectivity index (χ0) is 14.8. The van der Waals surface area contributed by atoms with E-state index in [1.807, 2.05) is 42.5 Å². The predicted octanol–water partition coefficient (Wildman–Crippen LogP) is 4.34. The van der Waals surface area contributed by atoms with E-state index in [2.05, 4.69) is 20.9 Å². The molecule has 0 radical (unpaired) electrons. The van der Waals surface area contributed by atoms with Crippen LogP contribution in [0.3, 0.4) is 0 Å². The minimum Gasteiger partial charge on any atom is -0.496 e. The summed E-state index contributed by atoms with van der Waals surface area (Å²) < 4.78 is 7.19. The molecule has 3 rings (SSSR count). The molecule has 0 fully saturated rings. The summed E-state index contributed by atoms with van der Waals surface area (Å²) in [6.07, 6.45) is -0.0641. The molecular formula is C16H14BrNO2S. The number of halogens is 1. The zero-order valence-electron chi connectivity index (χ0n) is 11.4. The number of aromatic nitrogens is 1. The van der Waals surface area contributed by atoms with Gasteiger partial charge in [0, 0.05) is 6.42 Å². The Morgan fingerprint density at radius 2 is 2.10 bits per heavy atom. The predicted molar refractivity (Wildman–Crippen MR) is 89.0 cm³/mol. The summed E-state index contributed by atoms with van der Waals surface area (Å²) in [4.78, 5) is 4.56. The van der Waals surface area contributed by atoms with Gasteiger partial charge in [-0.3, -0.25) is 0 Å². The van der Waals surface area contributed by atoms with Crippen LogP contribution in [0.4, 0.5) is 0 Å². The quantitative estimate of drug-likeness (QED) is 0.749. The van der Waals surface area contributed by atoms with Crippen LogP contribution in [0.15, 0.2) is 46.9 Å². The summed E-state index contributed by atoms with van der Waals surface area (Å²) in [5.74, 6) is 0.755. The smallest absolute Gasteiger partial charge is 0.133 e. The summed E-state index contributed by atoms with van der Waals surface area (Å²) in [6.45, 7) is 0. The van der Waals surface area contributed by atoms with Gasteiger partial charge < -0.3 is 9.84 Å². The van der Waals surface area contributed by atoms with E-state index in [0.29, 0.717) is 6.42 Å². The molecule has 0 aliphatic rings. The number of methoxy groups -OCH3 is 1. The number of para-hydroxylation sites is 1. The summed E-state index contributed by atoms with van der Waals surface area (Å²) in [5, 5.41) is 11.3. The summed E-state index contributed by atoms with van der Waals surface area (Å²) in [7, 11) is 1.62. The first kappa shape index (κ1) is 14.5. The summed E-state index contributed by atoms with van der Waals surface area (Å²) in [5.41, 5.74) is 1.84. The van der Waals surface area contributed by atoms with E-state index in [-0.39, 0.29) is 0 Å². The van der Waals surface area contributed by atoms with Crippen molar-refractivity contribution in [2.45, 2.75) is 12.5 Å². The number of benzene rings is 2. The van der Waals surface area contributed by atoms with Crippen LogP contribution in [0.5, 0.6) is 5.75 Å². The van der Waals surface area contributed by atoms with Gasteiger partial charge in [-0.1, -0.05) is 18.2 Å². The largest absolute Gasteiger partial charge is 0.496 e. The highest BCUT2D eigenvalue weighted by atomic mass is 79.9. The van der Waals surface area contributed by atoms with Gasteiger partial charge in [-0.15, -0.1) is 11.3 Å². The van der Waals surface area contributed by atoms with E-state index < -0.39 is 6.10 Å². The van der Waals surface area contributed by atoms with Crippen molar-refractivity contribution in [3.05, 3.63) is 57.5 Å². The topological polar surface area (TPSA) is 42.4 Å². The molecule has 1 atom stereocenters. The highest BCUT2D eigenvalue weighted by molar-refractivity contribution is 9.10. The third-order valence-electron chi connectivity index (χ3n) is 3.27. The molecule has 3 aromatic rings. The third-order valence-corrected chi connectivity index (χ3v) is 4.95. The van der Waals surface area contributed by atoms with Crippen molar-refractivity contribution in [2.24, 2.45) is 0 Å². The molecule has 5 heteroatoms. The third kappa shape index (κ3) is 3.10. The number of thiazole rings is 1. The van der Waals surface area contributed by atoms with E-state index in [4.69, 9.17) is 4.74 Å². The van der Waals surface area contributed by atoms with Crippen LogP contribution < -0.4 is 4.74 Å². The Labute approximate surface area is 135 Å². The maximum atomic E-state index is 10.4. The number of ether oxygens (including phenoxy) is 1. The van der Waals surface area contributed by atoms with E-state index in [9.17, 15) is 5.11 Å². The monoisotopic (exact) mass is 363 g/mol. The summed E-state index contributed by atoms with van der Waals surface area (Å²) in [6, 6.07) is 13.6. The van der Waals surface area contributed by atoms with Crippen molar-refractivity contribution in [3.63, 3.8) is 0 Å². The van der Waals surface area contributed by atoms with Gasteiger partial charge in [0.25, 0.3) is 0 Å². The normalized spacial score (nSPS) is 12.5. The number of aliphatic hydroxyl groups excluding tert-OH is 1. The molecule has 0 bridgehead atoms. The van der Waals surface area contributed by atoms with E-state index in [0.717, 1.165) is 31.0 Å². The second-order valence-electron chi connectivity index (χ2n) is 4.69. The molecule has 0 aliphatic heterocycles. The molecular weight excluding hydrogens is 350 g/mol. The van der Waals surface area contributed by atoms with Gasteiger partial charge in [0.15, 0.2) is 0 Å². The maximum Gasteiger partial charge on any atom is 0.133 e. The minimum absolute atomic E-state index is 0.512. The lowest BCUT2D eigenvalue weighted by Gasteiger charge is -2.11. The van der Waals surface area contributed by atoms with Crippen LogP contribution in [0.1, 0.15) is 16.7 Å². The van der Waals surface area contributed by atoms with Gasteiger partial charge in [0.1, 0.15) is 5.75 Å². The molecule has 0 amide bonds. The Bertz CT molecular complexity index is 739. The molecule has 1 N–H and O–H groups in total. The van der Waals surface area contributed by atoms with Crippen LogP contribution in [0.25, 0.3) is 10.2 Å². The molecule has 1 unspecified atom stereocenters. The zero-order valence-corrected chi connectivity index (χ0v) is 13.8. The van der Waals surface area contributed by atoms with E-state index >= 15 is 0 Å². The number of fused-ring (bicyclic) bond motifs is 1. The minimum atomic E-state index is -0.576. The SMILES string of the molecule is COc1ccc(C(O)Cc2nc3ccccc3s2)cc1Br. The van der Waals surface area contributed by atoms with Crippen LogP contribution in [0.2, 0.25) is 0 Å². The second kappa shape index (κ2) is 6.13. The van der Waals surface area contributed by atoms with Gasteiger partial charge in [0.05, 0.1) is 32.9 Å². The van der Waals surface area contributed by atoms with Crippen molar-refractivity contribution in [1.82, 2.24) is 4.98 Å². The Morgan fingerprint density at radius 3 is 2.81 bits per heavy atom. The van der Waals surface area contributed by atoms with Crippen molar-refractivity contribution in [2.75, 3.05) is 7.11 Å². The van der Waals surface area contributed by atoms with Crippen LogP contribution >= 0.6 is 27.3 Å². The number of rotatable bonds is 4. The van der Waals surface area contributed by atoms with Gasteiger partial charge in [-0.2, -0.15) is 0 Å². The van der Waals surface area contributed by atoms with Crippen molar-refractivity contribution < 1.29 is 9.84 Å². The fourth-order valence-corrected chi connectivity index (χ4v) is 3.74. The molecule has 0 spiro atoms. The number of hydrogen-bond acceptors (Lipinski definition) is 4. The first-order valence-electron chi connectivity index (χ1n) is 6.53. The lowest BCUT2D eigenvalue weighted by Crippen LogP contribution is -2.01. The first-order valence-corrected chi connectivity index (χ1v) is 8.14.